The molecule has 0 atom stereocenters. The standard InChI is InChI=1S/C24H24N4OS/c1-18-23(16-27-21-13-20-6-2-3-7-22(20)28-15-21)26-10-8-24(18)29-11-12-30-17-19-5-4-9-25-14-19/h2-10,13-15,27H,11-12,16-17H2,1H3. The number of fused-ring (bicyclic) bond motifs is 1. The van der Waals surface area contributed by atoms with Crippen LogP contribution in [-0.2, 0) is 12.3 Å². The third-order valence-corrected chi connectivity index (χ3v) is 5.78. The molecule has 0 fully saturated rings. The summed E-state index contributed by atoms with van der Waals surface area (Å²) in [7, 11) is 0. The van der Waals surface area contributed by atoms with Crippen molar-refractivity contribution in [2.75, 3.05) is 17.7 Å². The zero-order valence-corrected chi connectivity index (χ0v) is 17.7. The lowest BCUT2D eigenvalue weighted by Crippen LogP contribution is -2.07. The quantitative estimate of drug-likeness (QED) is 0.376. The number of anilines is 1. The van der Waals surface area contributed by atoms with Crippen molar-refractivity contribution in [3.63, 3.8) is 0 Å². The molecule has 30 heavy (non-hydrogen) atoms. The Balaban J connectivity index is 1.29. The molecule has 0 aliphatic rings. The molecular weight excluding hydrogens is 392 g/mol. The Kier molecular flexibility index (Phi) is 6.77. The van der Waals surface area contributed by atoms with Gasteiger partial charge in [0.05, 0.1) is 36.2 Å². The van der Waals surface area contributed by atoms with Crippen LogP contribution in [-0.4, -0.2) is 27.3 Å². The Labute approximate surface area is 180 Å². The van der Waals surface area contributed by atoms with Crippen molar-refractivity contribution in [1.29, 1.82) is 0 Å². The maximum absolute atomic E-state index is 6.01. The number of para-hydroxylation sites is 1. The van der Waals surface area contributed by atoms with Gasteiger partial charge in [0.2, 0.25) is 0 Å². The van der Waals surface area contributed by atoms with E-state index in [4.69, 9.17) is 4.74 Å². The Morgan fingerprint density at radius 3 is 2.83 bits per heavy atom. The van der Waals surface area contributed by atoms with Gasteiger partial charge >= 0.3 is 0 Å². The number of benzene rings is 1. The number of pyridine rings is 3. The Hall–Kier alpha value is -3.12. The molecule has 1 N–H and O–H groups in total. The highest BCUT2D eigenvalue weighted by Gasteiger charge is 2.07. The van der Waals surface area contributed by atoms with E-state index in [0.717, 1.165) is 45.1 Å². The van der Waals surface area contributed by atoms with E-state index < -0.39 is 0 Å². The van der Waals surface area contributed by atoms with Crippen LogP contribution in [0.2, 0.25) is 0 Å². The molecule has 0 bridgehead atoms. The Morgan fingerprint density at radius 1 is 1.00 bits per heavy atom. The van der Waals surface area contributed by atoms with Gasteiger partial charge in [-0.25, -0.2) is 0 Å². The minimum absolute atomic E-state index is 0.624. The maximum Gasteiger partial charge on any atom is 0.125 e. The molecule has 0 spiro atoms. The first-order valence-electron chi connectivity index (χ1n) is 9.92. The summed E-state index contributed by atoms with van der Waals surface area (Å²) >= 11 is 1.84. The summed E-state index contributed by atoms with van der Waals surface area (Å²) in [5.74, 6) is 2.76. The average molecular weight is 417 g/mol. The van der Waals surface area contributed by atoms with Gasteiger partial charge in [0.25, 0.3) is 0 Å². The summed E-state index contributed by atoms with van der Waals surface area (Å²) in [5, 5.41) is 4.54. The van der Waals surface area contributed by atoms with Gasteiger partial charge in [-0.2, -0.15) is 11.8 Å². The smallest absolute Gasteiger partial charge is 0.125 e. The number of ether oxygens (including phenoxy) is 1. The molecule has 5 nitrogen and oxygen atoms in total. The van der Waals surface area contributed by atoms with E-state index in [1.165, 1.54) is 5.56 Å². The van der Waals surface area contributed by atoms with Crippen LogP contribution in [0.3, 0.4) is 0 Å². The van der Waals surface area contributed by atoms with E-state index in [9.17, 15) is 0 Å². The summed E-state index contributed by atoms with van der Waals surface area (Å²) < 4.78 is 6.01. The zero-order valence-electron chi connectivity index (χ0n) is 16.9. The van der Waals surface area contributed by atoms with Crippen molar-refractivity contribution in [2.45, 2.75) is 19.2 Å². The van der Waals surface area contributed by atoms with Crippen LogP contribution in [0, 0.1) is 6.92 Å². The fraction of sp³-hybridized carbons (Fsp3) is 0.208. The number of nitrogens with one attached hydrogen (secondary N) is 1. The Bertz CT molecular complexity index is 1100. The van der Waals surface area contributed by atoms with Gasteiger partial charge in [-0.3, -0.25) is 15.0 Å². The normalized spacial score (nSPS) is 10.8. The first-order chi connectivity index (χ1) is 14.8. The van der Waals surface area contributed by atoms with Crippen molar-refractivity contribution in [3.8, 4) is 5.75 Å². The largest absolute Gasteiger partial charge is 0.492 e. The van der Waals surface area contributed by atoms with Crippen LogP contribution >= 0.6 is 11.8 Å². The summed E-state index contributed by atoms with van der Waals surface area (Å²) in [6.45, 7) is 3.34. The van der Waals surface area contributed by atoms with Crippen LogP contribution in [0.15, 0.2) is 73.3 Å². The summed E-state index contributed by atoms with van der Waals surface area (Å²) in [6, 6.07) is 16.2. The van der Waals surface area contributed by atoms with Crippen molar-refractivity contribution >= 4 is 28.4 Å². The second-order valence-electron chi connectivity index (χ2n) is 6.91. The monoisotopic (exact) mass is 416 g/mol. The first kappa shape index (κ1) is 20.2. The molecule has 0 saturated heterocycles. The molecule has 3 heterocycles. The van der Waals surface area contributed by atoms with Gasteiger partial charge in [0.1, 0.15) is 5.75 Å². The molecule has 0 aliphatic heterocycles. The fourth-order valence-electron chi connectivity index (χ4n) is 3.13. The van der Waals surface area contributed by atoms with Crippen LogP contribution in [0.5, 0.6) is 5.75 Å². The number of hydrogen-bond acceptors (Lipinski definition) is 6. The van der Waals surface area contributed by atoms with Crippen LogP contribution < -0.4 is 10.1 Å². The van der Waals surface area contributed by atoms with Crippen LogP contribution in [0.4, 0.5) is 5.69 Å². The van der Waals surface area contributed by atoms with Crippen molar-refractivity contribution in [3.05, 3.63) is 90.1 Å². The lowest BCUT2D eigenvalue weighted by Gasteiger charge is -2.13. The molecule has 1 aromatic carbocycles. The number of nitrogens with zero attached hydrogens (tertiary/aromatic N) is 3. The summed E-state index contributed by atoms with van der Waals surface area (Å²) in [6.07, 6.45) is 7.37. The predicted octanol–water partition coefficient (Wildman–Crippen LogP) is 5.26. The maximum atomic E-state index is 6.01. The highest BCUT2D eigenvalue weighted by molar-refractivity contribution is 7.98. The van der Waals surface area contributed by atoms with Gasteiger partial charge in [-0.15, -0.1) is 0 Å². The molecule has 0 saturated carbocycles. The molecule has 152 valence electrons. The van der Waals surface area contributed by atoms with Gasteiger partial charge < -0.3 is 10.1 Å². The summed E-state index contributed by atoms with van der Waals surface area (Å²) in [4.78, 5) is 13.2. The fourth-order valence-corrected chi connectivity index (χ4v) is 3.88. The topological polar surface area (TPSA) is 59.9 Å². The SMILES string of the molecule is Cc1c(OCCSCc2cccnc2)ccnc1CNc1cnc2ccccc2c1. The summed E-state index contributed by atoms with van der Waals surface area (Å²) in [5.41, 5.74) is 5.25. The number of rotatable bonds is 9. The number of hydrogen-bond donors (Lipinski definition) is 1. The third kappa shape index (κ3) is 5.27. The molecule has 4 rings (SSSR count). The van der Waals surface area contributed by atoms with Crippen LogP contribution in [0.1, 0.15) is 16.8 Å². The zero-order chi connectivity index (χ0) is 20.6. The first-order valence-corrected chi connectivity index (χ1v) is 11.1. The predicted molar refractivity (Wildman–Crippen MR) is 124 cm³/mol. The molecule has 0 radical (unpaired) electrons. The minimum Gasteiger partial charge on any atom is -0.492 e. The highest BCUT2D eigenvalue weighted by Crippen LogP contribution is 2.22. The van der Waals surface area contributed by atoms with Crippen LogP contribution in [0.25, 0.3) is 10.9 Å². The van der Waals surface area contributed by atoms with Crippen molar-refractivity contribution in [1.82, 2.24) is 15.0 Å². The van der Waals surface area contributed by atoms with Gasteiger partial charge in [-0.1, -0.05) is 24.3 Å². The van der Waals surface area contributed by atoms with Gasteiger partial charge in [0, 0.05) is 41.0 Å². The molecule has 0 unspecified atom stereocenters. The molecular formula is C24H24N4OS. The molecule has 0 aliphatic carbocycles. The highest BCUT2D eigenvalue weighted by atomic mass is 32.2. The van der Waals surface area contributed by atoms with Crippen molar-refractivity contribution in [2.24, 2.45) is 0 Å². The van der Waals surface area contributed by atoms with E-state index >= 15 is 0 Å². The third-order valence-electron chi connectivity index (χ3n) is 4.79. The Morgan fingerprint density at radius 2 is 1.93 bits per heavy atom. The molecule has 3 aromatic heterocycles. The van der Waals surface area contributed by atoms with E-state index in [1.54, 1.807) is 12.4 Å². The lowest BCUT2D eigenvalue weighted by atomic mass is 10.2. The molecule has 0 amide bonds. The van der Waals surface area contributed by atoms with E-state index in [1.807, 2.05) is 54.5 Å². The molecule has 4 aromatic rings. The lowest BCUT2D eigenvalue weighted by molar-refractivity contribution is 0.340. The van der Waals surface area contributed by atoms with E-state index in [-0.39, 0.29) is 0 Å². The number of thioether (sulfide) groups is 1. The van der Waals surface area contributed by atoms with Crippen molar-refractivity contribution < 1.29 is 4.74 Å². The second kappa shape index (κ2) is 10.1. The average Bonchev–Trinajstić information content (AvgIpc) is 2.79. The van der Waals surface area contributed by atoms with Gasteiger partial charge in [-0.05, 0) is 36.8 Å². The van der Waals surface area contributed by atoms with E-state index in [0.29, 0.717) is 13.2 Å². The minimum atomic E-state index is 0.624. The second-order valence-corrected chi connectivity index (χ2v) is 8.02. The number of aromatic nitrogens is 3. The van der Waals surface area contributed by atoms with Gasteiger partial charge in [0.15, 0.2) is 0 Å². The molecule has 6 heteroatoms. The van der Waals surface area contributed by atoms with E-state index in [2.05, 4.69) is 45.4 Å².